The number of sulfonamides is 1. The number of benzene rings is 3. The maximum Gasteiger partial charge on any atom is 0.268 e. The number of nitrogens with zero attached hydrogens (tertiary/aromatic N) is 1. The Kier molecular flexibility index (Phi) is 7.02. The SMILES string of the molecule is CCOc1ccc(N(CC(=O)Nc2ccc3c(c2)OCO3)S(=O)(=O)c2cc(C)ccc2OC)cc1. The van der Waals surface area contributed by atoms with Gasteiger partial charge in [-0.2, -0.15) is 0 Å². The number of carbonyl (C=O) groups is 1. The van der Waals surface area contributed by atoms with Crippen molar-refractivity contribution in [1.29, 1.82) is 0 Å². The van der Waals surface area contributed by atoms with Gasteiger partial charge in [0.15, 0.2) is 11.5 Å². The summed E-state index contributed by atoms with van der Waals surface area (Å²) in [5.74, 6) is 1.32. The number of ether oxygens (including phenoxy) is 4. The van der Waals surface area contributed by atoms with Crippen molar-refractivity contribution in [2.24, 2.45) is 0 Å². The summed E-state index contributed by atoms with van der Waals surface area (Å²) in [4.78, 5) is 13.0. The molecule has 4 rings (SSSR count). The third kappa shape index (κ3) is 5.27. The maximum absolute atomic E-state index is 13.8. The maximum atomic E-state index is 13.8. The second kappa shape index (κ2) is 10.1. The number of methoxy groups -OCH3 is 1. The molecule has 0 fully saturated rings. The molecule has 0 spiro atoms. The van der Waals surface area contributed by atoms with Gasteiger partial charge in [0.2, 0.25) is 12.7 Å². The molecule has 0 atom stereocenters. The van der Waals surface area contributed by atoms with Crippen molar-refractivity contribution in [3.05, 3.63) is 66.2 Å². The molecule has 10 heteroatoms. The van der Waals surface area contributed by atoms with E-state index in [4.69, 9.17) is 18.9 Å². The quantitative estimate of drug-likeness (QED) is 0.476. The van der Waals surface area contributed by atoms with E-state index in [-0.39, 0.29) is 17.4 Å². The molecule has 0 radical (unpaired) electrons. The minimum Gasteiger partial charge on any atom is -0.495 e. The molecule has 1 N–H and O–H groups in total. The van der Waals surface area contributed by atoms with Crippen LogP contribution >= 0.6 is 0 Å². The van der Waals surface area contributed by atoms with E-state index in [1.165, 1.54) is 13.2 Å². The molecular formula is C25H26N2O7S. The van der Waals surface area contributed by atoms with E-state index >= 15 is 0 Å². The Morgan fingerprint density at radius 3 is 2.49 bits per heavy atom. The van der Waals surface area contributed by atoms with Crippen LogP contribution in [0.25, 0.3) is 0 Å². The van der Waals surface area contributed by atoms with Crippen LogP contribution in [-0.2, 0) is 14.8 Å². The fourth-order valence-electron chi connectivity index (χ4n) is 3.60. The first kappa shape index (κ1) is 24.2. The molecule has 1 heterocycles. The fourth-order valence-corrected chi connectivity index (χ4v) is 5.26. The highest BCUT2D eigenvalue weighted by Crippen LogP contribution is 2.35. The normalized spacial score (nSPS) is 12.2. The number of hydrogen-bond donors (Lipinski definition) is 1. The van der Waals surface area contributed by atoms with Crippen molar-refractivity contribution < 1.29 is 32.2 Å². The van der Waals surface area contributed by atoms with Gasteiger partial charge in [0.25, 0.3) is 10.0 Å². The van der Waals surface area contributed by atoms with E-state index in [2.05, 4.69) is 5.32 Å². The number of aryl methyl sites for hydroxylation is 1. The summed E-state index contributed by atoms with van der Waals surface area (Å²) in [6.07, 6.45) is 0. The number of carbonyl (C=O) groups excluding carboxylic acids is 1. The highest BCUT2D eigenvalue weighted by atomic mass is 32.2. The minimum absolute atomic E-state index is 0.0373. The number of amides is 1. The minimum atomic E-state index is -4.18. The molecule has 0 aromatic heterocycles. The predicted octanol–water partition coefficient (Wildman–Crippen LogP) is 3.97. The molecular weight excluding hydrogens is 472 g/mol. The van der Waals surface area contributed by atoms with Crippen molar-refractivity contribution >= 4 is 27.3 Å². The van der Waals surface area contributed by atoms with Gasteiger partial charge in [0.05, 0.1) is 19.4 Å². The zero-order valence-electron chi connectivity index (χ0n) is 19.6. The first-order valence-corrected chi connectivity index (χ1v) is 12.4. The van der Waals surface area contributed by atoms with Gasteiger partial charge in [-0.25, -0.2) is 8.42 Å². The summed E-state index contributed by atoms with van der Waals surface area (Å²) in [5.41, 5.74) is 1.50. The second-order valence-corrected chi connectivity index (χ2v) is 9.54. The fraction of sp³-hybridized carbons (Fsp3) is 0.240. The van der Waals surface area contributed by atoms with Crippen molar-refractivity contribution in [1.82, 2.24) is 0 Å². The van der Waals surface area contributed by atoms with Gasteiger partial charge in [-0.05, 0) is 67.9 Å². The number of hydrogen-bond acceptors (Lipinski definition) is 7. The molecule has 0 saturated carbocycles. The van der Waals surface area contributed by atoms with Crippen LogP contribution in [0.2, 0.25) is 0 Å². The van der Waals surface area contributed by atoms with E-state index in [1.54, 1.807) is 61.5 Å². The van der Waals surface area contributed by atoms with Crippen LogP contribution in [0.1, 0.15) is 12.5 Å². The molecule has 0 bridgehead atoms. The van der Waals surface area contributed by atoms with Gasteiger partial charge < -0.3 is 24.3 Å². The van der Waals surface area contributed by atoms with Gasteiger partial charge in [-0.1, -0.05) is 6.07 Å². The van der Waals surface area contributed by atoms with E-state index in [0.717, 1.165) is 9.87 Å². The first-order chi connectivity index (χ1) is 16.8. The van der Waals surface area contributed by atoms with Crippen LogP contribution in [0.3, 0.4) is 0 Å². The van der Waals surface area contributed by atoms with Gasteiger partial charge in [0, 0.05) is 11.8 Å². The molecule has 0 saturated heterocycles. The lowest BCUT2D eigenvalue weighted by molar-refractivity contribution is -0.114. The molecule has 0 unspecified atom stereocenters. The highest BCUT2D eigenvalue weighted by Gasteiger charge is 2.30. The predicted molar refractivity (Wildman–Crippen MR) is 131 cm³/mol. The van der Waals surface area contributed by atoms with Gasteiger partial charge in [-0.3, -0.25) is 9.10 Å². The van der Waals surface area contributed by atoms with E-state index in [1.807, 2.05) is 6.92 Å². The van der Waals surface area contributed by atoms with Crippen LogP contribution in [0.4, 0.5) is 11.4 Å². The number of nitrogens with one attached hydrogen (secondary N) is 1. The van der Waals surface area contributed by atoms with Crippen molar-refractivity contribution in [3.8, 4) is 23.0 Å². The summed E-state index contributed by atoms with van der Waals surface area (Å²) < 4.78 is 50.1. The largest absolute Gasteiger partial charge is 0.495 e. The Morgan fingerprint density at radius 2 is 1.77 bits per heavy atom. The Morgan fingerprint density at radius 1 is 1.03 bits per heavy atom. The van der Waals surface area contributed by atoms with Gasteiger partial charge >= 0.3 is 0 Å². The molecule has 1 aliphatic rings. The zero-order chi connectivity index (χ0) is 25.0. The Labute approximate surface area is 204 Å². The number of rotatable bonds is 9. The Balaban J connectivity index is 1.67. The lowest BCUT2D eigenvalue weighted by atomic mass is 10.2. The standard InChI is InChI=1S/C25H26N2O7S/c1-4-32-20-9-7-19(8-10-20)27(35(29,30)24-13-17(2)5-11-22(24)31-3)15-25(28)26-18-6-12-21-23(14-18)34-16-33-21/h5-14H,4,15-16H2,1-3H3,(H,26,28). The molecule has 9 nitrogen and oxygen atoms in total. The van der Waals surface area contributed by atoms with E-state index in [0.29, 0.717) is 35.2 Å². The molecule has 3 aromatic carbocycles. The van der Waals surface area contributed by atoms with Gasteiger partial charge in [0.1, 0.15) is 22.9 Å². The topological polar surface area (TPSA) is 103 Å². The lowest BCUT2D eigenvalue weighted by Gasteiger charge is -2.25. The average molecular weight is 499 g/mol. The first-order valence-electron chi connectivity index (χ1n) is 10.9. The Bertz CT molecular complexity index is 1320. The van der Waals surface area contributed by atoms with Crippen LogP contribution in [-0.4, -0.2) is 41.4 Å². The summed E-state index contributed by atoms with van der Waals surface area (Å²) in [6.45, 7) is 3.75. The Hall–Kier alpha value is -3.92. The molecule has 3 aromatic rings. The van der Waals surface area contributed by atoms with Crippen LogP contribution in [0.5, 0.6) is 23.0 Å². The molecule has 1 aliphatic heterocycles. The van der Waals surface area contributed by atoms with Crippen LogP contribution < -0.4 is 28.6 Å². The second-order valence-electron chi connectivity index (χ2n) is 7.71. The third-order valence-electron chi connectivity index (χ3n) is 5.27. The average Bonchev–Trinajstić information content (AvgIpc) is 3.31. The van der Waals surface area contributed by atoms with Crippen LogP contribution in [0.15, 0.2) is 65.6 Å². The zero-order valence-corrected chi connectivity index (χ0v) is 20.4. The van der Waals surface area contributed by atoms with Crippen molar-refractivity contribution in [2.75, 3.05) is 36.7 Å². The number of fused-ring (bicyclic) bond motifs is 1. The van der Waals surface area contributed by atoms with E-state index in [9.17, 15) is 13.2 Å². The molecule has 0 aliphatic carbocycles. The summed E-state index contributed by atoms with van der Waals surface area (Å²) in [7, 11) is -2.78. The molecule has 1 amide bonds. The summed E-state index contributed by atoms with van der Waals surface area (Å²) >= 11 is 0. The number of anilines is 2. The summed E-state index contributed by atoms with van der Waals surface area (Å²) in [6, 6.07) is 16.3. The molecule has 35 heavy (non-hydrogen) atoms. The lowest BCUT2D eigenvalue weighted by Crippen LogP contribution is -2.38. The van der Waals surface area contributed by atoms with Crippen molar-refractivity contribution in [3.63, 3.8) is 0 Å². The smallest absolute Gasteiger partial charge is 0.268 e. The van der Waals surface area contributed by atoms with Crippen LogP contribution in [0, 0.1) is 6.92 Å². The third-order valence-corrected chi connectivity index (χ3v) is 7.06. The van der Waals surface area contributed by atoms with Gasteiger partial charge in [-0.15, -0.1) is 0 Å². The highest BCUT2D eigenvalue weighted by molar-refractivity contribution is 7.93. The van der Waals surface area contributed by atoms with Crippen molar-refractivity contribution in [2.45, 2.75) is 18.7 Å². The summed E-state index contributed by atoms with van der Waals surface area (Å²) in [5, 5.41) is 2.73. The monoisotopic (exact) mass is 498 g/mol. The van der Waals surface area contributed by atoms with E-state index < -0.39 is 22.5 Å². The molecule has 184 valence electrons.